The summed E-state index contributed by atoms with van der Waals surface area (Å²) >= 11 is 1.72. The molecule has 1 N–H and O–H groups in total. The largest absolute Gasteiger partial charge is 0.391 e. The van der Waals surface area contributed by atoms with Crippen molar-refractivity contribution in [3.05, 3.63) is 47.6 Å². The van der Waals surface area contributed by atoms with Gasteiger partial charge >= 0.3 is 0 Å². The summed E-state index contributed by atoms with van der Waals surface area (Å²) in [5, 5.41) is 14.1. The van der Waals surface area contributed by atoms with Gasteiger partial charge in [0.25, 0.3) is 0 Å². The Balaban J connectivity index is 1.90. The van der Waals surface area contributed by atoms with Crippen LogP contribution >= 0.6 is 11.8 Å². The monoisotopic (exact) mass is 290 g/mol. The maximum absolute atomic E-state index is 9.92. The van der Waals surface area contributed by atoms with Crippen molar-refractivity contribution in [1.29, 1.82) is 0 Å². The lowest BCUT2D eigenvalue weighted by molar-refractivity contribution is 0.164. The van der Waals surface area contributed by atoms with E-state index in [9.17, 15) is 5.11 Å². The number of benzene rings is 1. The third kappa shape index (κ3) is 2.36. The van der Waals surface area contributed by atoms with Crippen LogP contribution in [0, 0.1) is 0 Å². The third-order valence-electron chi connectivity index (χ3n) is 3.86. The Bertz CT molecular complexity index is 583. The number of nitrogens with zero attached hydrogens (tertiary/aromatic N) is 2. The van der Waals surface area contributed by atoms with Gasteiger partial charge < -0.3 is 9.63 Å². The molecule has 0 aliphatic carbocycles. The minimum atomic E-state index is -0.381. The average molecular weight is 290 g/mol. The zero-order chi connectivity index (χ0) is 14.2. The van der Waals surface area contributed by atoms with Gasteiger partial charge in [-0.15, -0.1) is 0 Å². The predicted molar refractivity (Wildman–Crippen MR) is 78.9 cm³/mol. The number of aromatic nitrogens is 2. The smallest absolute Gasteiger partial charge is 0.233 e. The van der Waals surface area contributed by atoms with E-state index in [1.54, 1.807) is 11.8 Å². The molecule has 3 rings (SSSR count). The lowest BCUT2D eigenvalue weighted by Gasteiger charge is -2.20. The van der Waals surface area contributed by atoms with Gasteiger partial charge in [0.2, 0.25) is 5.89 Å². The van der Waals surface area contributed by atoms with Gasteiger partial charge in [0.15, 0.2) is 5.82 Å². The van der Waals surface area contributed by atoms with Gasteiger partial charge in [-0.2, -0.15) is 16.7 Å². The van der Waals surface area contributed by atoms with E-state index in [-0.39, 0.29) is 17.4 Å². The molecule has 0 spiro atoms. The van der Waals surface area contributed by atoms with E-state index < -0.39 is 0 Å². The lowest BCUT2D eigenvalue weighted by atomic mass is 9.84. The first-order chi connectivity index (χ1) is 9.59. The van der Waals surface area contributed by atoms with Crippen molar-refractivity contribution in [2.45, 2.75) is 31.3 Å². The van der Waals surface area contributed by atoms with Crippen molar-refractivity contribution in [2.75, 3.05) is 11.5 Å². The second-order valence-corrected chi connectivity index (χ2v) is 6.73. The van der Waals surface area contributed by atoms with Gasteiger partial charge in [-0.3, -0.25) is 0 Å². The topological polar surface area (TPSA) is 59.2 Å². The molecule has 0 saturated carbocycles. The highest BCUT2D eigenvalue weighted by atomic mass is 32.2. The summed E-state index contributed by atoms with van der Waals surface area (Å²) in [6.45, 7) is 4.16. The molecule has 2 heterocycles. The Morgan fingerprint density at radius 1 is 1.25 bits per heavy atom. The lowest BCUT2D eigenvalue weighted by Crippen LogP contribution is -2.21. The Labute approximate surface area is 122 Å². The first kappa shape index (κ1) is 13.6. The number of rotatable bonds is 3. The van der Waals surface area contributed by atoms with E-state index in [0.29, 0.717) is 11.7 Å². The second kappa shape index (κ2) is 5.22. The molecule has 20 heavy (non-hydrogen) atoms. The van der Waals surface area contributed by atoms with Crippen molar-refractivity contribution in [3.8, 4) is 0 Å². The summed E-state index contributed by atoms with van der Waals surface area (Å²) in [6, 6.07) is 10.1. The predicted octanol–water partition coefficient (Wildman–Crippen LogP) is 2.59. The molecule has 1 aliphatic rings. The fourth-order valence-electron chi connectivity index (χ4n) is 2.40. The molecule has 1 saturated heterocycles. The van der Waals surface area contributed by atoms with Gasteiger partial charge in [0.05, 0.1) is 17.4 Å². The fraction of sp³-hybridized carbons (Fsp3) is 0.467. The zero-order valence-corrected chi connectivity index (χ0v) is 12.4. The van der Waals surface area contributed by atoms with Gasteiger partial charge in [0, 0.05) is 11.5 Å². The average Bonchev–Trinajstić information content (AvgIpc) is 3.08. The van der Waals surface area contributed by atoms with Crippen molar-refractivity contribution in [3.63, 3.8) is 0 Å². The first-order valence-corrected chi connectivity index (χ1v) is 7.90. The Kier molecular flexibility index (Phi) is 3.56. The number of hydrogen-bond donors (Lipinski definition) is 1. The second-order valence-electron chi connectivity index (χ2n) is 5.66. The van der Waals surface area contributed by atoms with Crippen molar-refractivity contribution < 1.29 is 9.63 Å². The molecule has 0 bridgehead atoms. The SMILES string of the molecule is CC(C)(c1ccccc1)c1noc(C2CSCC2O)n1. The Hall–Kier alpha value is -1.33. The molecular formula is C15H18N2O2S. The van der Waals surface area contributed by atoms with Crippen LogP contribution in [0.5, 0.6) is 0 Å². The van der Waals surface area contributed by atoms with E-state index in [1.807, 2.05) is 18.2 Å². The maximum Gasteiger partial charge on any atom is 0.233 e. The number of aliphatic hydroxyl groups excluding tert-OH is 1. The number of hydrogen-bond acceptors (Lipinski definition) is 5. The molecule has 0 radical (unpaired) electrons. The van der Waals surface area contributed by atoms with Crippen LogP contribution in [-0.4, -0.2) is 32.9 Å². The molecule has 4 nitrogen and oxygen atoms in total. The van der Waals surface area contributed by atoms with Gasteiger partial charge in [-0.25, -0.2) is 0 Å². The molecule has 1 aliphatic heterocycles. The van der Waals surface area contributed by atoms with Gasteiger partial charge in [-0.05, 0) is 19.4 Å². The minimum absolute atomic E-state index is 0.0344. The third-order valence-corrected chi connectivity index (χ3v) is 5.04. The quantitative estimate of drug-likeness (QED) is 0.941. The highest BCUT2D eigenvalue weighted by molar-refractivity contribution is 7.99. The molecule has 1 aromatic heterocycles. The molecule has 5 heteroatoms. The number of aliphatic hydroxyl groups is 1. The summed E-state index contributed by atoms with van der Waals surface area (Å²) < 4.78 is 5.39. The standard InChI is InChI=1S/C15H18N2O2S/c1-15(2,10-6-4-3-5-7-10)14-16-13(19-17-14)11-8-20-9-12(11)18/h3-7,11-12,18H,8-9H2,1-2H3. The highest BCUT2D eigenvalue weighted by Crippen LogP contribution is 2.34. The molecule has 2 aromatic rings. The van der Waals surface area contributed by atoms with Crippen molar-refractivity contribution in [2.24, 2.45) is 0 Å². The molecule has 0 amide bonds. The highest BCUT2D eigenvalue weighted by Gasteiger charge is 2.35. The van der Waals surface area contributed by atoms with Gasteiger partial charge in [-0.1, -0.05) is 35.5 Å². The van der Waals surface area contributed by atoms with Crippen molar-refractivity contribution in [1.82, 2.24) is 10.1 Å². The van der Waals surface area contributed by atoms with E-state index in [2.05, 4.69) is 36.1 Å². The van der Waals surface area contributed by atoms with Crippen LogP contribution in [0.15, 0.2) is 34.9 Å². The molecule has 2 unspecified atom stereocenters. The Morgan fingerprint density at radius 3 is 2.65 bits per heavy atom. The van der Waals surface area contributed by atoms with Crippen LogP contribution in [0.1, 0.15) is 37.0 Å². The maximum atomic E-state index is 9.92. The summed E-state index contributed by atoms with van der Waals surface area (Å²) in [5.74, 6) is 2.77. The molecule has 1 aromatic carbocycles. The van der Waals surface area contributed by atoms with E-state index in [1.165, 1.54) is 0 Å². The molecule has 2 atom stereocenters. The van der Waals surface area contributed by atoms with Crippen LogP contribution in [0.25, 0.3) is 0 Å². The minimum Gasteiger partial charge on any atom is -0.391 e. The van der Waals surface area contributed by atoms with Crippen molar-refractivity contribution >= 4 is 11.8 Å². The van der Waals surface area contributed by atoms with E-state index in [4.69, 9.17) is 4.52 Å². The molecule has 1 fully saturated rings. The Morgan fingerprint density at radius 2 is 2.00 bits per heavy atom. The zero-order valence-electron chi connectivity index (χ0n) is 11.6. The molecule has 106 valence electrons. The molecular weight excluding hydrogens is 272 g/mol. The first-order valence-electron chi connectivity index (χ1n) is 6.74. The van der Waals surface area contributed by atoms with Crippen LogP contribution < -0.4 is 0 Å². The van der Waals surface area contributed by atoms with Crippen LogP contribution in [0.4, 0.5) is 0 Å². The summed E-state index contributed by atoms with van der Waals surface area (Å²) in [4.78, 5) is 4.54. The summed E-state index contributed by atoms with van der Waals surface area (Å²) in [5.41, 5.74) is 0.841. The van der Waals surface area contributed by atoms with Crippen LogP contribution in [0.2, 0.25) is 0 Å². The van der Waals surface area contributed by atoms with Crippen LogP contribution in [0.3, 0.4) is 0 Å². The summed E-state index contributed by atoms with van der Waals surface area (Å²) in [6.07, 6.45) is -0.381. The van der Waals surface area contributed by atoms with Gasteiger partial charge in [0.1, 0.15) is 0 Å². The van der Waals surface area contributed by atoms with E-state index >= 15 is 0 Å². The fourth-order valence-corrected chi connectivity index (χ4v) is 3.63. The number of thioether (sulfide) groups is 1. The van der Waals surface area contributed by atoms with E-state index in [0.717, 1.165) is 17.1 Å². The van der Waals surface area contributed by atoms with Crippen LogP contribution in [-0.2, 0) is 5.41 Å². The summed E-state index contributed by atoms with van der Waals surface area (Å²) in [7, 11) is 0. The normalized spacial score (nSPS) is 23.1.